The Hall–Kier alpha value is -4.73. The molecule has 1 saturated heterocycles. The number of hydrogen-bond acceptors (Lipinski definition) is 7. The van der Waals surface area contributed by atoms with Crippen LogP contribution in [0.2, 0.25) is 0 Å². The minimum absolute atomic E-state index is 0.198. The molecule has 0 saturated carbocycles. The van der Waals surface area contributed by atoms with Crippen molar-refractivity contribution in [3.8, 4) is 23.0 Å². The number of amides is 4. The van der Waals surface area contributed by atoms with Crippen molar-refractivity contribution in [2.24, 2.45) is 0 Å². The normalized spacial score (nSPS) is 14.8. The van der Waals surface area contributed by atoms with Crippen LogP contribution >= 0.6 is 0 Å². The Kier molecular flexibility index (Phi) is 9.11. The maximum atomic E-state index is 13.6. The largest absolute Gasteiger partial charge is 0.497 e. The van der Waals surface area contributed by atoms with Crippen LogP contribution < -0.4 is 29.2 Å². The second kappa shape index (κ2) is 12.9. The molecule has 0 radical (unpaired) electrons. The average Bonchev–Trinajstić information content (AvgIpc) is 3.20. The zero-order valence-corrected chi connectivity index (χ0v) is 23.0. The fourth-order valence-electron chi connectivity index (χ4n) is 4.53. The van der Waals surface area contributed by atoms with Gasteiger partial charge in [0.05, 0.1) is 40.0 Å². The van der Waals surface area contributed by atoms with Crippen LogP contribution in [0.1, 0.15) is 18.9 Å². The number of rotatable bonds is 12. The Morgan fingerprint density at radius 3 is 2.15 bits per heavy atom. The van der Waals surface area contributed by atoms with E-state index in [1.165, 1.54) is 12.0 Å². The third-order valence-electron chi connectivity index (χ3n) is 6.57. The van der Waals surface area contributed by atoms with Gasteiger partial charge in [-0.3, -0.25) is 9.59 Å². The van der Waals surface area contributed by atoms with Gasteiger partial charge in [-0.2, -0.15) is 0 Å². The van der Waals surface area contributed by atoms with Crippen LogP contribution in [0.15, 0.2) is 66.7 Å². The summed E-state index contributed by atoms with van der Waals surface area (Å²) in [5, 5.41) is 2.82. The van der Waals surface area contributed by atoms with Crippen LogP contribution in [-0.4, -0.2) is 63.3 Å². The number of carbonyl (C=O) groups is 3. The van der Waals surface area contributed by atoms with Gasteiger partial charge in [0, 0.05) is 12.2 Å². The monoisotopic (exact) mass is 547 g/mol. The predicted octanol–water partition coefficient (Wildman–Crippen LogP) is 4.52. The first-order chi connectivity index (χ1) is 19.4. The van der Waals surface area contributed by atoms with E-state index in [1.54, 1.807) is 68.8 Å². The highest BCUT2D eigenvalue weighted by molar-refractivity contribution is 6.22. The highest BCUT2D eigenvalue weighted by Gasteiger charge is 2.46. The minimum Gasteiger partial charge on any atom is -0.497 e. The number of ether oxygens (including phenoxy) is 4. The first kappa shape index (κ1) is 28.3. The van der Waals surface area contributed by atoms with Crippen molar-refractivity contribution in [1.29, 1.82) is 0 Å². The lowest BCUT2D eigenvalue weighted by Crippen LogP contribution is -2.39. The van der Waals surface area contributed by atoms with E-state index in [0.717, 1.165) is 10.5 Å². The molecule has 1 aliphatic rings. The predicted molar refractivity (Wildman–Crippen MR) is 150 cm³/mol. The summed E-state index contributed by atoms with van der Waals surface area (Å²) < 4.78 is 21.3. The maximum absolute atomic E-state index is 13.6. The van der Waals surface area contributed by atoms with Crippen LogP contribution in [0.4, 0.5) is 16.2 Å². The SMILES string of the molecule is CCOc1ccc(NC(=O)C[C@@H]2C(=O)N(c3ccc(OC)cc3)C(=O)N2CCc2ccc(OC)c(OC)c2)cc1. The number of carbonyl (C=O) groups excluding carboxylic acids is 3. The molecule has 4 rings (SSSR count). The van der Waals surface area contributed by atoms with E-state index in [4.69, 9.17) is 18.9 Å². The summed E-state index contributed by atoms with van der Waals surface area (Å²) in [5.41, 5.74) is 1.86. The van der Waals surface area contributed by atoms with Crippen molar-refractivity contribution in [1.82, 2.24) is 4.90 Å². The van der Waals surface area contributed by atoms with Gasteiger partial charge in [-0.25, -0.2) is 9.69 Å². The van der Waals surface area contributed by atoms with E-state index in [0.29, 0.717) is 47.4 Å². The Morgan fingerprint density at radius 2 is 1.52 bits per heavy atom. The Bertz CT molecular complexity index is 1340. The fourth-order valence-corrected chi connectivity index (χ4v) is 4.53. The highest BCUT2D eigenvalue weighted by Crippen LogP contribution is 2.31. The number of hydrogen-bond donors (Lipinski definition) is 1. The molecule has 0 bridgehead atoms. The van der Waals surface area contributed by atoms with Crippen LogP contribution in [0.25, 0.3) is 0 Å². The molecule has 3 aromatic carbocycles. The van der Waals surface area contributed by atoms with Crippen molar-refractivity contribution in [2.45, 2.75) is 25.8 Å². The van der Waals surface area contributed by atoms with Crippen LogP contribution in [-0.2, 0) is 16.0 Å². The lowest BCUT2D eigenvalue weighted by molar-refractivity contribution is -0.124. The number of urea groups is 1. The summed E-state index contributed by atoms with van der Waals surface area (Å²) in [6, 6.07) is 17.6. The molecule has 1 heterocycles. The number of nitrogens with zero attached hydrogens (tertiary/aromatic N) is 2. The molecule has 4 amide bonds. The van der Waals surface area contributed by atoms with Crippen molar-refractivity contribution in [3.63, 3.8) is 0 Å². The standard InChI is InChI=1S/C30H33N3O7/c1-5-40-24-11-7-21(8-12-24)31-28(34)19-25-29(35)33(22-9-13-23(37-2)14-10-22)30(36)32(25)17-16-20-6-15-26(38-3)27(18-20)39-4/h6-15,18,25H,5,16-17,19H2,1-4H3,(H,31,34)/t25-/m1/s1. The van der Waals surface area contributed by atoms with Gasteiger partial charge in [0.2, 0.25) is 5.91 Å². The van der Waals surface area contributed by atoms with Crippen LogP contribution in [0.3, 0.4) is 0 Å². The van der Waals surface area contributed by atoms with Gasteiger partial charge >= 0.3 is 6.03 Å². The molecule has 10 heteroatoms. The number of nitrogens with one attached hydrogen (secondary N) is 1. The summed E-state index contributed by atoms with van der Waals surface area (Å²) in [4.78, 5) is 42.7. The van der Waals surface area contributed by atoms with Crippen LogP contribution in [0, 0.1) is 0 Å². The zero-order valence-electron chi connectivity index (χ0n) is 23.0. The smallest absolute Gasteiger partial charge is 0.332 e. The summed E-state index contributed by atoms with van der Waals surface area (Å²) >= 11 is 0. The molecule has 0 aliphatic carbocycles. The summed E-state index contributed by atoms with van der Waals surface area (Å²) in [7, 11) is 4.65. The highest BCUT2D eigenvalue weighted by atomic mass is 16.5. The van der Waals surface area contributed by atoms with E-state index >= 15 is 0 Å². The van der Waals surface area contributed by atoms with E-state index in [2.05, 4.69) is 5.32 Å². The summed E-state index contributed by atoms with van der Waals surface area (Å²) in [6.45, 7) is 2.64. The third-order valence-corrected chi connectivity index (χ3v) is 6.57. The Morgan fingerprint density at radius 1 is 0.850 bits per heavy atom. The Labute approximate surface area is 233 Å². The van der Waals surface area contributed by atoms with Crippen molar-refractivity contribution >= 4 is 29.2 Å². The molecule has 40 heavy (non-hydrogen) atoms. The molecule has 1 fully saturated rings. The van der Waals surface area contributed by atoms with E-state index < -0.39 is 18.0 Å². The summed E-state index contributed by atoms with van der Waals surface area (Å²) in [6.07, 6.45) is 0.239. The first-order valence-electron chi connectivity index (χ1n) is 12.9. The molecule has 0 aromatic heterocycles. The number of anilines is 2. The van der Waals surface area contributed by atoms with Crippen molar-refractivity contribution in [2.75, 3.05) is 44.7 Å². The lowest BCUT2D eigenvalue weighted by Gasteiger charge is -2.22. The average molecular weight is 548 g/mol. The van der Waals surface area contributed by atoms with Crippen molar-refractivity contribution < 1.29 is 33.3 Å². The third kappa shape index (κ3) is 6.28. The summed E-state index contributed by atoms with van der Waals surface area (Å²) in [5.74, 6) is 1.59. The molecule has 0 spiro atoms. The molecule has 1 aliphatic heterocycles. The molecule has 1 N–H and O–H groups in total. The van der Waals surface area contributed by atoms with E-state index in [9.17, 15) is 14.4 Å². The minimum atomic E-state index is -0.975. The van der Waals surface area contributed by atoms with Gasteiger partial charge in [0.15, 0.2) is 11.5 Å². The second-order valence-electron chi connectivity index (χ2n) is 9.01. The number of imide groups is 1. The van der Waals surface area contributed by atoms with Gasteiger partial charge in [0.1, 0.15) is 17.5 Å². The lowest BCUT2D eigenvalue weighted by atomic mass is 10.1. The first-order valence-corrected chi connectivity index (χ1v) is 12.9. The number of methoxy groups -OCH3 is 3. The van der Waals surface area contributed by atoms with E-state index in [1.807, 2.05) is 19.1 Å². The quantitative estimate of drug-likeness (QED) is 0.332. The molecular formula is C30H33N3O7. The van der Waals surface area contributed by atoms with Crippen molar-refractivity contribution in [3.05, 3.63) is 72.3 Å². The number of benzene rings is 3. The van der Waals surface area contributed by atoms with Crippen LogP contribution in [0.5, 0.6) is 23.0 Å². The molecule has 0 unspecified atom stereocenters. The molecule has 10 nitrogen and oxygen atoms in total. The molecule has 3 aromatic rings. The zero-order chi connectivity index (χ0) is 28.6. The molecule has 1 atom stereocenters. The topological polar surface area (TPSA) is 107 Å². The van der Waals surface area contributed by atoms with Gasteiger partial charge in [0.25, 0.3) is 5.91 Å². The molecular weight excluding hydrogens is 514 g/mol. The van der Waals surface area contributed by atoms with E-state index in [-0.39, 0.29) is 18.9 Å². The van der Waals surface area contributed by atoms with Gasteiger partial charge in [-0.1, -0.05) is 6.07 Å². The second-order valence-corrected chi connectivity index (χ2v) is 9.01. The molecule has 210 valence electrons. The Balaban J connectivity index is 1.54. The fraction of sp³-hybridized carbons (Fsp3) is 0.300. The van der Waals surface area contributed by atoms with Gasteiger partial charge in [-0.15, -0.1) is 0 Å². The maximum Gasteiger partial charge on any atom is 0.332 e. The van der Waals surface area contributed by atoms with Gasteiger partial charge < -0.3 is 29.2 Å². The van der Waals surface area contributed by atoms with Gasteiger partial charge in [-0.05, 0) is 79.6 Å².